The van der Waals surface area contributed by atoms with Gasteiger partial charge in [0.15, 0.2) is 5.82 Å². The van der Waals surface area contributed by atoms with E-state index in [1.54, 1.807) is 31.0 Å². The number of fused-ring (bicyclic) bond motifs is 1. The van der Waals surface area contributed by atoms with E-state index in [-0.39, 0.29) is 48.0 Å². The second-order valence-corrected chi connectivity index (χ2v) is 9.94. The smallest absolute Gasteiger partial charge is 0.294 e. The predicted octanol–water partition coefficient (Wildman–Crippen LogP) is 4.44. The Morgan fingerprint density at radius 2 is 1.65 bits per heavy atom. The lowest BCUT2D eigenvalue weighted by atomic mass is 9.89. The summed E-state index contributed by atoms with van der Waals surface area (Å²) in [4.78, 5) is 35.6. The maximum Gasteiger partial charge on any atom is 0.294 e. The van der Waals surface area contributed by atoms with Gasteiger partial charge in [-0.1, -0.05) is 42.5 Å². The summed E-state index contributed by atoms with van der Waals surface area (Å²) < 4.78 is 12.9. The van der Waals surface area contributed by atoms with Gasteiger partial charge >= 0.3 is 0 Å². The summed E-state index contributed by atoms with van der Waals surface area (Å²) in [5, 5.41) is 6.22. The third kappa shape index (κ3) is 7.03. The fourth-order valence-electron chi connectivity index (χ4n) is 5.40. The first-order valence-electron chi connectivity index (χ1n) is 13.5. The van der Waals surface area contributed by atoms with E-state index in [1.807, 2.05) is 61.5 Å². The number of carbonyl (C=O) groups excluding carboxylic acids is 1. The van der Waals surface area contributed by atoms with Gasteiger partial charge < -0.3 is 25.8 Å². The molecule has 0 aliphatic carbocycles. The Morgan fingerprint density at radius 1 is 1.02 bits per heavy atom. The van der Waals surface area contributed by atoms with Gasteiger partial charge in [0.2, 0.25) is 5.91 Å². The molecular weight excluding hydrogens is 591 g/mol. The standard InChI is InChI=1S/C31H34N6O4.2ClH/c1-19-20(12-15-28(32)36-19)16-35-30(38)25-14-13-21-17-33-29(31(39)37(21)25)34-18-24(22-8-4-6-10-26(22)40-2)23-9-5-7-11-27(23)41-3;;/h4-12,15,17,24-25H,13-14,16,18H2,1-3H3,(H2,32,36)(H,33,34)(H,35,38);2*1H/t25-;;/m0../s1. The number of nitrogen functional groups attached to an aromatic ring is 1. The normalized spacial score (nSPS) is 13.3. The lowest BCUT2D eigenvalue weighted by molar-refractivity contribution is -0.124. The molecule has 1 aliphatic rings. The highest BCUT2D eigenvalue weighted by atomic mass is 35.5. The molecule has 228 valence electrons. The van der Waals surface area contributed by atoms with Crippen LogP contribution in [0.5, 0.6) is 11.5 Å². The molecule has 3 heterocycles. The summed E-state index contributed by atoms with van der Waals surface area (Å²) >= 11 is 0. The molecule has 5 rings (SSSR count). The van der Waals surface area contributed by atoms with E-state index in [9.17, 15) is 9.59 Å². The van der Waals surface area contributed by atoms with Gasteiger partial charge in [-0.2, -0.15) is 0 Å². The molecule has 2 aromatic heterocycles. The zero-order chi connectivity index (χ0) is 28.9. The maximum absolute atomic E-state index is 13.7. The molecule has 1 amide bonds. The number of anilines is 2. The van der Waals surface area contributed by atoms with Crippen molar-refractivity contribution in [2.24, 2.45) is 0 Å². The van der Waals surface area contributed by atoms with Crippen molar-refractivity contribution in [3.8, 4) is 11.5 Å². The number of ether oxygens (including phenoxy) is 2. The van der Waals surface area contributed by atoms with Gasteiger partial charge in [0, 0.05) is 47.7 Å². The predicted molar refractivity (Wildman–Crippen MR) is 172 cm³/mol. The first-order valence-corrected chi connectivity index (χ1v) is 13.5. The van der Waals surface area contributed by atoms with Crippen molar-refractivity contribution in [1.29, 1.82) is 0 Å². The van der Waals surface area contributed by atoms with Gasteiger partial charge in [-0.25, -0.2) is 9.97 Å². The molecule has 1 atom stereocenters. The van der Waals surface area contributed by atoms with Crippen LogP contribution in [0, 0.1) is 6.92 Å². The van der Waals surface area contributed by atoms with Crippen LogP contribution in [0.25, 0.3) is 0 Å². The number of rotatable bonds is 10. The molecule has 10 nitrogen and oxygen atoms in total. The van der Waals surface area contributed by atoms with Crippen LogP contribution in [-0.2, 0) is 17.8 Å². The number of aromatic nitrogens is 3. The molecule has 0 unspecified atom stereocenters. The van der Waals surface area contributed by atoms with E-state index in [1.165, 1.54) is 0 Å². The minimum absolute atomic E-state index is 0. The Hall–Kier alpha value is -4.28. The van der Waals surface area contributed by atoms with E-state index in [0.29, 0.717) is 31.7 Å². The van der Waals surface area contributed by atoms with Crippen molar-refractivity contribution >= 4 is 42.4 Å². The van der Waals surface area contributed by atoms with Gasteiger partial charge in [0.25, 0.3) is 5.56 Å². The van der Waals surface area contributed by atoms with E-state index in [0.717, 1.165) is 39.6 Å². The van der Waals surface area contributed by atoms with Crippen LogP contribution in [0.15, 0.2) is 71.7 Å². The Morgan fingerprint density at radius 3 is 2.26 bits per heavy atom. The molecule has 0 bridgehead atoms. The average Bonchev–Trinajstić information content (AvgIpc) is 3.43. The maximum atomic E-state index is 13.7. The largest absolute Gasteiger partial charge is 0.496 e. The first kappa shape index (κ1) is 33.2. The molecule has 0 saturated carbocycles. The number of amides is 1. The molecule has 0 radical (unpaired) electrons. The van der Waals surface area contributed by atoms with Gasteiger partial charge in [-0.05, 0) is 43.5 Å². The molecule has 0 saturated heterocycles. The second-order valence-electron chi connectivity index (χ2n) is 9.94. The molecule has 2 aromatic carbocycles. The highest BCUT2D eigenvalue weighted by Gasteiger charge is 2.31. The number of benzene rings is 2. The highest BCUT2D eigenvalue weighted by molar-refractivity contribution is 5.85. The summed E-state index contributed by atoms with van der Waals surface area (Å²) in [5.74, 6) is 1.64. The number of hydrogen-bond acceptors (Lipinski definition) is 8. The third-order valence-electron chi connectivity index (χ3n) is 7.53. The number of nitrogens with one attached hydrogen (secondary N) is 2. The summed E-state index contributed by atoms with van der Waals surface area (Å²) in [7, 11) is 3.27. The second kappa shape index (κ2) is 14.8. The van der Waals surface area contributed by atoms with Crippen LogP contribution < -0.4 is 31.4 Å². The number of hydrogen-bond donors (Lipinski definition) is 3. The molecule has 0 fully saturated rings. The SMILES string of the molecule is COc1ccccc1C(CNc1ncc2n(c1=O)[C@H](C(=O)NCc1ccc(N)nc1C)CC2)c1ccccc1OC.Cl.Cl. The van der Waals surface area contributed by atoms with Crippen LogP contribution in [0.1, 0.15) is 46.5 Å². The van der Waals surface area contributed by atoms with Crippen LogP contribution in [0.4, 0.5) is 11.6 Å². The topological polar surface area (TPSA) is 133 Å². The molecule has 4 N–H and O–H groups in total. The molecule has 4 aromatic rings. The van der Waals surface area contributed by atoms with E-state index >= 15 is 0 Å². The van der Waals surface area contributed by atoms with Crippen LogP contribution in [0.3, 0.4) is 0 Å². The lowest BCUT2D eigenvalue weighted by Crippen LogP contribution is -2.36. The van der Waals surface area contributed by atoms with Gasteiger partial charge in [-0.3, -0.25) is 14.2 Å². The number of carbonyl (C=O) groups is 1. The van der Waals surface area contributed by atoms with Crippen molar-refractivity contribution in [3.63, 3.8) is 0 Å². The molecule has 43 heavy (non-hydrogen) atoms. The van der Waals surface area contributed by atoms with Crippen LogP contribution in [-0.4, -0.2) is 41.2 Å². The summed E-state index contributed by atoms with van der Waals surface area (Å²) in [6.07, 6.45) is 2.79. The fourth-order valence-corrected chi connectivity index (χ4v) is 5.40. The van der Waals surface area contributed by atoms with Gasteiger partial charge in [0.05, 0.1) is 14.2 Å². The van der Waals surface area contributed by atoms with Gasteiger partial charge in [-0.15, -0.1) is 24.8 Å². The quantitative estimate of drug-likeness (QED) is 0.235. The average molecular weight is 628 g/mol. The van der Waals surface area contributed by atoms with E-state index in [4.69, 9.17) is 15.2 Å². The Balaban J connectivity index is 0.00000253. The summed E-state index contributed by atoms with van der Waals surface area (Å²) in [6.45, 7) is 2.50. The number of halogens is 2. The number of nitrogens with zero attached hydrogens (tertiary/aromatic N) is 3. The van der Waals surface area contributed by atoms with Crippen molar-refractivity contribution in [2.75, 3.05) is 31.8 Å². The number of pyridine rings is 1. The minimum atomic E-state index is -0.623. The first-order chi connectivity index (χ1) is 19.9. The number of methoxy groups -OCH3 is 2. The molecule has 0 spiro atoms. The van der Waals surface area contributed by atoms with Crippen molar-refractivity contribution in [2.45, 2.75) is 38.3 Å². The summed E-state index contributed by atoms with van der Waals surface area (Å²) in [5.41, 5.74) is 9.66. The molecule has 12 heteroatoms. The Bertz CT molecular complexity index is 1580. The van der Waals surface area contributed by atoms with Crippen LogP contribution in [0.2, 0.25) is 0 Å². The number of para-hydroxylation sites is 2. The molecule has 1 aliphatic heterocycles. The molecular formula is C31H36Cl2N6O4. The van der Waals surface area contributed by atoms with Crippen molar-refractivity contribution < 1.29 is 14.3 Å². The minimum Gasteiger partial charge on any atom is -0.496 e. The third-order valence-corrected chi connectivity index (χ3v) is 7.53. The number of aryl methyl sites for hydroxylation is 2. The van der Waals surface area contributed by atoms with E-state index in [2.05, 4.69) is 20.6 Å². The Labute approximate surface area is 262 Å². The van der Waals surface area contributed by atoms with E-state index < -0.39 is 6.04 Å². The monoisotopic (exact) mass is 626 g/mol. The zero-order valence-corrected chi connectivity index (χ0v) is 25.8. The Kier molecular flexibility index (Phi) is 11.4. The fraction of sp³-hybridized carbons (Fsp3) is 0.290. The lowest BCUT2D eigenvalue weighted by Gasteiger charge is -2.23. The highest BCUT2D eigenvalue weighted by Crippen LogP contribution is 2.36. The van der Waals surface area contributed by atoms with Crippen molar-refractivity contribution in [3.05, 3.63) is 105 Å². The van der Waals surface area contributed by atoms with Gasteiger partial charge in [0.1, 0.15) is 23.4 Å². The van der Waals surface area contributed by atoms with Crippen LogP contribution >= 0.6 is 24.8 Å². The zero-order valence-electron chi connectivity index (χ0n) is 24.2. The summed E-state index contributed by atoms with van der Waals surface area (Å²) in [6, 6.07) is 18.5. The number of nitrogens with two attached hydrogens (primary N) is 1. The van der Waals surface area contributed by atoms with Crippen molar-refractivity contribution in [1.82, 2.24) is 19.9 Å².